The molecule has 1 aromatic carbocycles. The highest BCUT2D eigenvalue weighted by molar-refractivity contribution is 6.05. The van der Waals surface area contributed by atoms with Crippen molar-refractivity contribution >= 4 is 27.9 Å². The Labute approximate surface area is 116 Å². The summed E-state index contributed by atoms with van der Waals surface area (Å²) in [6.45, 7) is 1.61. The number of hydrogen-bond acceptors (Lipinski definition) is 5. The van der Waals surface area contributed by atoms with E-state index >= 15 is 0 Å². The fourth-order valence-corrected chi connectivity index (χ4v) is 2.67. The van der Waals surface area contributed by atoms with Gasteiger partial charge in [0.15, 0.2) is 11.4 Å². The van der Waals surface area contributed by atoms with E-state index in [9.17, 15) is 0 Å². The quantitative estimate of drug-likeness (QED) is 0.792. The van der Waals surface area contributed by atoms with Gasteiger partial charge in [0, 0.05) is 18.5 Å². The molecule has 0 spiro atoms. The van der Waals surface area contributed by atoms with Crippen LogP contribution in [0.15, 0.2) is 35.0 Å². The number of benzene rings is 1. The molecule has 5 heteroatoms. The van der Waals surface area contributed by atoms with Crippen LogP contribution in [0.2, 0.25) is 0 Å². The number of fused-ring (bicyclic) bond motifs is 3. The fourth-order valence-electron chi connectivity index (χ4n) is 2.67. The van der Waals surface area contributed by atoms with Gasteiger partial charge in [0.25, 0.3) is 0 Å². The molecule has 102 valence electrons. The second-order valence-electron chi connectivity index (χ2n) is 5.01. The molecular formula is C15H15N3O2. The molecule has 3 heterocycles. The Morgan fingerprint density at radius 1 is 1.25 bits per heavy atom. The van der Waals surface area contributed by atoms with Gasteiger partial charge in [0.05, 0.1) is 6.10 Å². The maximum absolute atomic E-state index is 5.87. The molecule has 0 amide bonds. The van der Waals surface area contributed by atoms with Gasteiger partial charge in [-0.05, 0) is 25.0 Å². The third-order valence-corrected chi connectivity index (χ3v) is 3.68. The average Bonchev–Trinajstić information content (AvgIpc) is 3.12. The van der Waals surface area contributed by atoms with Crippen LogP contribution in [-0.2, 0) is 4.74 Å². The van der Waals surface area contributed by atoms with Crippen LogP contribution in [0.3, 0.4) is 0 Å². The molecule has 1 saturated heterocycles. The van der Waals surface area contributed by atoms with Gasteiger partial charge in [-0.15, -0.1) is 0 Å². The number of anilines is 1. The minimum atomic E-state index is 0.268. The van der Waals surface area contributed by atoms with Crippen LogP contribution in [0.1, 0.15) is 12.8 Å². The number of nitrogens with one attached hydrogen (secondary N) is 1. The molecule has 1 fully saturated rings. The predicted molar refractivity (Wildman–Crippen MR) is 76.8 cm³/mol. The van der Waals surface area contributed by atoms with Crippen molar-refractivity contribution in [2.75, 3.05) is 18.5 Å². The molecule has 2 aromatic heterocycles. The Morgan fingerprint density at radius 3 is 3.10 bits per heavy atom. The number of aromatic nitrogens is 2. The molecule has 3 aromatic rings. The Morgan fingerprint density at radius 2 is 2.20 bits per heavy atom. The van der Waals surface area contributed by atoms with E-state index in [-0.39, 0.29) is 6.10 Å². The Bertz CT molecular complexity index is 747. The molecule has 0 unspecified atom stereocenters. The van der Waals surface area contributed by atoms with Gasteiger partial charge in [-0.1, -0.05) is 12.1 Å². The normalized spacial score (nSPS) is 18.9. The summed E-state index contributed by atoms with van der Waals surface area (Å²) in [7, 11) is 0. The highest BCUT2D eigenvalue weighted by atomic mass is 16.5. The van der Waals surface area contributed by atoms with Crippen molar-refractivity contribution in [3.8, 4) is 0 Å². The molecule has 1 atom stereocenters. The maximum atomic E-state index is 5.87. The van der Waals surface area contributed by atoms with Crippen molar-refractivity contribution in [2.45, 2.75) is 18.9 Å². The number of para-hydroxylation sites is 1. The fraction of sp³-hybridized carbons (Fsp3) is 0.333. The van der Waals surface area contributed by atoms with E-state index in [4.69, 9.17) is 9.15 Å². The molecular weight excluding hydrogens is 254 g/mol. The lowest BCUT2D eigenvalue weighted by Crippen LogP contribution is -2.19. The van der Waals surface area contributed by atoms with Crippen LogP contribution in [0.5, 0.6) is 0 Å². The minimum Gasteiger partial charge on any atom is -0.450 e. The predicted octanol–water partition coefficient (Wildman–Crippen LogP) is 2.97. The summed E-state index contributed by atoms with van der Waals surface area (Å²) in [5.74, 6) is 0.738. The van der Waals surface area contributed by atoms with Crippen LogP contribution in [0.25, 0.3) is 22.1 Å². The summed E-state index contributed by atoms with van der Waals surface area (Å²) in [6, 6.07) is 7.90. The van der Waals surface area contributed by atoms with Crippen molar-refractivity contribution in [1.29, 1.82) is 0 Å². The van der Waals surface area contributed by atoms with Crippen molar-refractivity contribution in [3.63, 3.8) is 0 Å². The van der Waals surface area contributed by atoms with Crippen LogP contribution in [0.4, 0.5) is 5.82 Å². The van der Waals surface area contributed by atoms with Crippen LogP contribution < -0.4 is 5.32 Å². The topological polar surface area (TPSA) is 60.2 Å². The number of ether oxygens (including phenoxy) is 1. The van der Waals surface area contributed by atoms with Crippen LogP contribution in [0, 0.1) is 0 Å². The summed E-state index contributed by atoms with van der Waals surface area (Å²) in [4.78, 5) is 8.63. The first kappa shape index (κ1) is 11.7. The van der Waals surface area contributed by atoms with Crippen LogP contribution in [-0.4, -0.2) is 29.2 Å². The van der Waals surface area contributed by atoms with E-state index in [1.807, 2.05) is 24.3 Å². The molecule has 0 aliphatic carbocycles. The largest absolute Gasteiger partial charge is 0.450 e. The Balaban J connectivity index is 1.71. The first-order valence-electron chi connectivity index (χ1n) is 6.89. The van der Waals surface area contributed by atoms with Gasteiger partial charge >= 0.3 is 0 Å². The van der Waals surface area contributed by atoms with E-state index in [0.717, 1.165) is 48.3 Å². The van der Waals surface area contributed by atoms with Crippen molar-refractivity contribution < 1.29 is 9.15 Å². The van der Waals surface area contributed by atoms with Gasteiger partial charge in [0.1, 0.15) is 17.4 Å². The van der Waals surface area contributed by atoms with Gasteiger partial charge in [-0.3, -0.25) is 0 Å². The average molecular weight is 269 g/mol. The monoisotopic (exact) mass is 269 g/mol. The van der Waals surface area contributed by atoms with E-state index in [2.05, 4.69) is 15.3 Å². The first-order chi connectivity index (χ1) is 9.92. The summed E-state index contributed by atoms with van der Waals surface area (Å²) in [5, 5.41) is 4.34. The lowest BCUT2D eigenvalue weighted by molar-refractivity contribution is 0.120. The van der Waals surface area contributed by atoms with E-state index in [0.29, 0.717) is 5.58 Å². The molecule has 5 nitrogen and oxygen atoms in total. The summed E-state index contributed by atoms with van der Waals surface area (Å²) < 4.78 is 11.5. The van der Waals surface area contributed by atoms with Crippen molar-refractivity contribution in [2.24, 2.45) is 0 Å². The Kier molecular flexibility index (Phi) is 2.77. The number of nitrogens with zero attached hydrogens (tertiary/aromatic N) is 2. The van der Waals surface area contributed by atoms with Crippen molar-refractivity contribution in [1.82, 2.24) is 9.97 Å². The van der Waals surface area contributed by atoms with Gasteiger partial charge in [0.2, 0.25) is 0 Å². The molecule has 0 bridgehead atoms. The molecule has 1 aliphatic rings. The lowest BCUT2D eigenvalue weighted by atomic mass is 10.2. The molecule has 0 radical (unpaired) electrons. The van der Waals surface area contributed by atoms with Gasteiger partial charge < -0.3 is 14.5 Å². The standard InChI is InChI=1S/C15H15N3O2/c1-2-6-12-11(5-1)13-14(20-12)15(18-9-17-13)16-8-10-4-3-7-19-10/h1-2,5-6,9-10H,3-4,7-8H2,(H,16,17,18)/t10-/m1/s1. The zero-order chi connectivity index (χ0) is 13.4. The zero-order valence-electron chi connectivity index (χ0n) is 11.0. The highest BCUT2D eigenvalue weighted by Crippen LogP contribution is 2.30. The van der Waals surface area contributed by atoms with E-state index in [1.54, 1.807) is 6.33 Å². The van der Waals surface area contributed by atoms with Gasteiger partial charge in [-0.2, -0.15) is 0 Å². The second kappa shape index (κ2) is 4.76. The molecule has 4 rings (SSSR count). The molecule has 1 aliphatic heterocycles. The van der Waals surface area contributed by atoms with Gasteiger partial charge in [-0.25, -0.2) is 9.97 Å². The molecule has 0 saturated carbocycles. The Hall–Kier alpha value is -2.14. The number of rotatable bonds is 3. The summed E-state index contributed by atoms with van der Waals surface area (Å²) in [5.41, 5.74) is 2.40. The van der Waals surface area contributed by atoms with Crippen molar-refractivity contribution in [3.05, 3.63) is 30.6 Å². The van der Waals surface area contributed by atoms with E-state index in [1.165, 1.54) is 0 Å². The maximum Gasteiger partial charge on any atom is 0.196 e. The third kappa shape index (κ3) is 1.91. The van der Waals surface area contributed by atoms with E-state index < -0.39 is 0 Å². The summed E-state index contributed by atoms with van der Waals surface area (Å²) in [6.07, 6.45) is 4.07. The zero-order valence-corrected chi connectivity index (χ0v) is 11.0. The highest BCUT2D eigenvalue weighted by Gasteiger charge is 2.17. The summed E-state index contributed by atoms with van der Waals surface area (Å²) >= 11 is 0. The number of hydrogen-bond donors (Lipinski definition) is 1. The SMILES string of the molecule is c1ccc2c(c1)oc1c(NC[C@H]3CCCO3)ncnc12. The number of furan rings is 1. The smallest absolute Gasteiger partial charge is 0.196 e. The molecule has 20 heavy (non-hydrogen) atoms. The second-order valence-corrected chi connectivity index (χ2v) is 5.01. The third-order valence-electron chi connectivity index (χ3n) is 3.68. The molecule has 1 N–H and O–H groups in total. The van der Waals surface area contributed by atoms with Crippen LogP contribution >= 0.6 is 0 Å². The first-order valence-corrected chi connectivity index (χ1v) is 6.89. The minimum absolute atomic E-state index is 0.268. The lowest BCUT2D eigenvalue weighted by Gasteiger charge is -2.10.